The maximum absolute atomic E-state index is 14.6. The Hall–Kier alpha value is -5.01. The number of hydrogen-bond acceptors (Lipinski definition) is 8. The van der Waals surface area contributed by atoms with Gasteiger partial charge < -0.3 is 30.1 Å². The van der Waals surface area contributed by atoms with E-state index in [-0.39, 0.29) is 37.9 Å². The van der Waals surface area contributed by atoms with Crippen molar-refractivity contribution >= 4 is 29.7 Å². The van der Waals surface area contributed by atoms with Crippen LogP contribution in [0.2, 0.25) is 5.02 Å². The molecule has 4 aromatic rings. The number of tetrazole rings is 1. The number of halogens is 1. The second kappa shape index (κ2) is 18.1. The van der Waals surface area contributed by atoms with Crippen LogP contribution in [0.4, 0.5) is 9.59 Å². The molecule has 13 nitrogen and oxygen atoms in total. The average molecular weight is 774 g/mol. The number of nitrogens with one attached hydrogen (secondary N) is 2. The molecule has 3 aromatic carbocycles. The van der Waals surface area contributed by atoms with Crippen LogP contribution in [0.25, 0.3) is 11.1 Å². The Kier molecular flexibility index (Phi) is 13.5. The van der Waals surface area contributed by atoms with E-state index in [1.165, 1.54) is 4.90 Å². The molecule has 0 bridgehead atoms. The minimum absolute atomic E-state index is 0.160. The van der Waals surface area contributed by atoms with Crippen LogP contribution in [-0.2, 0) is 36.1 Å². The van der Waals surface area contributed by atoms with E-state index in [1.54, 1.807) is 18.0 Å². The van der Waals surface area contributed by atoms with Crippen molar-refractivity contribution in [3.05, 3.63) is 99.3 Å². The number of carboxylic acid groups (broad SMARTS) is 1. The Labute approximate surface area is 327 Å². The van der Waals surface area contributed by atoms with Crippen molar-refractivity contribution in [1.29, 1.82) is 0 Å². The lowest BCUT2D eigenvalue weighted by atomic mass is 9.72. The van der Waals surface area contributed by atoms with Crippen molar-refractivity contribution in [2.75, 3.05) is 26.7 Å². The van der Waals surface area contributed by atoms with Gasteiger partial charge in [-0.3, -0.25) is 4.79 Å². The van der Waals surface area contributed by atoms with Gasteiger partial charge in [0.25, 0.3) is 5.91 Å². The number of benzene rings is 3. The summed E-state index contributed by atoms with van der Waals surface area (Å²) in [6, 6.07) is 19.2. The molecule has 0 radical (unpaired) electrons. The molecule has 2 atom stereocenters. The molecule has 1 saturated heterocycles. The lowest BCUT2D eigenvalue weighted by Crippen LogP contribution is -2.48. The smallest absolute Gasteiger partial charge is 0.410 e. The van der Waals surface area contributed by atoms with Crippen LogP contribution in [0.5, 0.6) is 0 Å². The molecule has 0 saturated carbocycles. The van der Waals surface area contributed by atoms with Crippen molar-refractivity contribution in [1.82, 2.24) is 35.7 Å². The summed E-state index contributed by atoms with van der Waals surface area (Å²) < 4.78 is 5.54. The van der Waals surface area contributed by atoms with Gasteiger partial charge >= 0.3 is 12.2 Å². The Bertz CT molecular complexity index is 1950. The summed E-state index contributed by atoms with van der Waals surface area (Å²) in [5, 5.41) is 39.5. The van der Waals surface area contributed by atoms with Crippen LogP contribution in [0.3, 0.4) is 0 Å². The largest absolute Gasteiger partial charge is 0.465 e. The number of aliphatic hydroxyl groups is 1. The summed E-state index contributed by atoms with van der Waals surface area (Å²) >= 11 is 6.93. The van der Waals surface area contributed by atoms with Gasteiger partial charge in [-0.15, -0.1) is 10.2 Å². The molecule has 1 fully saturated rings. The number of H-pyrrole nitrogens is 1. The standard InChI is InChI=1S/C41H52ClN7O6/c1-6-27-11-7-12-30(23-27)36-33(14-8-15-34(36)42)41(54,20-10-21-43-38(51)52)31-13-9-22-49(26-31)37(50)32-18-16-28(25-48(5)39(53)55-40(2,3)4)24-29(32)17-19-35-44-46-47-45-35/h7-8,11-12,14-16,18,23-24,31,43,54H,6,9-10,13,17,19-22,25-26H2,1-5H3,(H,51,52)(H,44,45,46,47)/t31-,41?/m1/s1. The minimum Gasteiger partial charge on any atom is -0.465 e. The Balaban J connectivity index is 1.47. The Morgan fingerprint density at radius 2 is 1.85 bits per heavy atom. The molecular weight excluding hydrogens is 722 g/mol. The number of aromatic amines is 1. The molecule has 1 aliphatic rings. The van der Waals surface area contributed by atoms with Crippen LogP contribution in [0.15, 0.2) is 60.7 Å². The average Bonchev–Trinajstić information content (AvgIpc) is 3.68. The minimum atomic E-state index is -1.45. The van der Waals surface area contributed by atoms with Crippen molar-refractivity contribution in [3.63, 3.8) is 0 Å². The summed E-state index contributed by atoms with van der Waals surface area (Å²) in [4.78, 5) is 41.9. The topological polar surface area (TPSA) is 174 Å². The highest BCUT2D eigenvalue weighted by atomic mass is 35.5. The van der Waals surface area contributed by atoms with E-state index in [1.807, 2.05) is 63.2 Å². The fourth-order valence-corrected chi connectivity index (χ4v) is 7.62. The van der Waals surface area contributed by atoms with Crippen LogP contribution >= 0.6 is 11.6 Å². The molecule has 55 heavy (non-hydrogen) atoms. The van der Waals surface area contributed by atoms with Crippen LogP contribution in [0, 0.1) is 5.92 Å². The summed E-state index contributed by atoms with van der Waals surface area (Å²) in [5.74, 6) is -0.0418. The number of aromatic nitrogens is 4. The first-order chi connectivity index (χ1) is 26.2. The Morgan fingerprint density at radius 1 is 1.07 bits per heavy atom. The number of carbonyl (C=O) groups excluding carboxylic acids is 2. The fraction of sp³-hybridized carbons (Fsp3) is 0.463. The lowest BCUT2D eigenvalue weighted by molar-refractivity contribution is -0.0563. The molecular formula is C41H52ClN7O6. The highest BCUT2D eigenvalue weighted by molar-refractivity contribution is 6.33. The molecule has 5 rings (SSSR count). The highest BCUT2D eigenvalue weighted by Gasteiger charge is 2.43. The van der Waals surface area contributed by atoms with Gasteiger partial charge in [-0.2, -0.15) is 5.21 Å². The number of nitrogens with zero attached hydrogens (tertiary/aromatic N) is 5. The molecule has 1 unspecified atom stereocenters. The van der Waals surface area contributed by atoms with Crippen LogP contribution in [0.1, 0.15) is 91.8 Å². The highest BCUT2D eigenvalue weighted by Crippen LogP contribution is 2.46. The zero-order valence-corrected chi connectivity index (χ0v) is 33.0. The van der Waals surface area contributed by atoms with Gasteiger partial charge in [0.1, 0.15) is 5.60 Å². The summed E-state index contributed by atoms with van der Waals surface area (Å²) in [6.07, 6.45) is 2.05. The molecule has 0 aliphatic carbocycles. The van der Waals surface area contributed by atoms with Gasteiger partial charge in [-0.05, 0) is 99.2 Å². The molecule has 294 valence electrons. The van der Waals surface area contributed by atoms with Gasteiger partial charge in [0.05, 0.1) is 5.60 Å². The predicted octanol–water partition coefficient (Wildman–Crippen LogP) is 7.02. The van der Waals surface area contributed by atoms with E-state index in [0.29, 0.717) is 60.6 Å². The molecule has 0 spiro atoms. The maximum atomic E-state index is 14.6. The number of carbonyl (C=O) groups is 3. The third-order valence-electron chi connectivity index (χ3n) is 10.0. The molecule has 2 heterocycles. The van der Waals surface area contributed by atoms with E-state index in [4.69, 9.17) is 16.3 Å². The normalized spacial score (nSPS) is 15.6. The van der Waals surface area contributed by atoms with Gasteiger partial charge in [0.2, 0.25) is 0 Å². The van der Waals surface area contributed by atoms with Crippen molar-refractivity contribution in [2.45, 2.75) is 90.4 Å². The number of hydrogen-bond donors (Lipinski definition) is 4. The van der Waals surface area contributed by atoms with E-state index in [2.05, 4.69) is 45.0 Å². The monoisotopic (exact) mass is 773 g/mol. The first-order valence-corrected chi connectivity index (χ1v) is 19.2. The molecule has 3 amide bonds. The predicted molar refractivity (Wildman–Crippen MR) is 210 cm³/mol. The summed E-state index contributed by atoms with van der Waals surface area (Å²) in [7, 11) is 1.67. The quantitative estimate of drug-likeness (QED) is 0.0982. The fourth-order valence-electron chi connectivity index (χ4n) is 7.33. The summed E-state index contributed by atoms with van der Waals surface area (Å²) in [5.41, 5.74) is 3.43. The maximum Gasteiger partial charge on any atom is 0.410 e. The molecule has 1 aliphatic heterocycles. The number of ether oxygens (including phenoxy) is 1. The second-order valence-corrected chi connectivity index (χ2v) is 15.6. The van der Waals surface area contributed by atoms with E-state index < -0.39 is 23.4 Å². The number of likely N-dealkylation sites (tertiary alicyclic amines) is 1. The summed E-state index contributed by atoms with van der Waals surface area (Å²) in [6.45, 7) is 8.74. The second-order valence-electron chi connectivity index (χ2n) is 15.2. The van der Waals surface area contributed by atoms with Gasteiger partial charge in [-0.1, -0.05) is 72.3 Å². The van der Waals surface area contributed by atoms with Crippen LogP contribution in [-0.4, -0.2) is 91.0 Å². The van der Waals surface area contributed by atoms with Crippen molar-refractivity contribution in [2.24, 2.45) is 5.92 Å². The molecule has 1 aromatic heterocycles. The SMILES string of the molecule is CCc1cccc(-c2c(Cl)cccc2C(O)(CCCNC(=O)O)[C@@H]2CCCN(C(=O)c3ccc(CN(C)C(=O)OC(C)(C)C)cc3CCc3nn[nH]n3)C2)c1. The number of piperidine rings is 1. The Morgan fingerprint density at radius 3 is 2.56 bits per heavy atom. The first-order valence-electron chi connectivity index (χ1n) is 18.8. The molecule has 4 N–H and O–H groups in total. The zero-order valence-electron chi connectivity index (χ0n) is 32.3. The lowest BCUT2D eigenvalue weighted by Gasteiger charge is -2.44. The van der Waals surface area contributed by atoms with Crippen LogP contribution < -0.4 is 5.32 Å². The van der Waals surface area contributed by atoms with Crippen molar-refractivity contribution < 1.29 is 29.3 Å². The van der Waals surface area contributed by atoms with Gasteiger partial charge in [0.15, 0.2) is 5.82 Å². The van der Waals surface area contributed by atoms with Crippen molar-refractivity contribution in [3.8, 4) is 11.1 Å². The van der Waals surface area contributed by atoms with Gasteiger partial charge in [0, 0.05) is 61.7 Å². The van der Waals surface area contributed by atoms with E-state index >= 15 is 0 Å². The van der Waals surface area contributed by atoms with E-state index in [0.717, 1.165) is 34.2 Å². The zero-order chi connectivity index (χ0) is 39.8. The number of aryl methyl sites for hydroxylation is 3. The van der Waals surface area contributed by atoms with Gasteiger partial charge in [-0.25, -0.2) is 9.59 Å². The third-order valence-corrected chi connectivity index (χ3v) is 10.3. The third kappa shape index (κ3) is 10.6. The number of amides is 3. The molecule has 14 heteroatoms. The first kappa shape index (κ1) is 41.2. The number of rotatable bonds is 14. The van der Waals surface area contributed by atoms with E-state index in [9.17, 15) is 24.6 Å².